The number of nitrogens with zero attached hydrogens (tertiary/aromatic N) is 3. The van der Waals surface area contributed by atoms with Crippen LogP contribution in [-0.4, -0.2) is 27.4 Å². The first-order chi connectivity index (χ1) is 12.4. The fraction of sp³-hybridized carbons (Fsp3) is 0.476. The second kappa shape index (κ2) is 7.96. The third-order valence-corrected chi connectivity index (χ3v) is 4.47. The molecule has 5 nitrogen and oxygen atoms in total. The zero-order valence-corrected chi connectivity index (χ0v) is 15.9. The van der Waals surface area contributed by atoms with Gasteiger partial charge in [0.1, 0.15) is 5.82 Å². The van der Waals surface area contributed by atoms with Gasteiger partial charge >= 0.3 is 0 Å². The summed E-state index contributed by atoms with van der Waals surface area (Å²) in [4.78, 5) is 23.4. The number of hydrogen-bond acceptors (Lipinski definition) is 4. The van der Waals surface area contributed by atoms with Gasteiger partial charge in [-0.2, -0.15) is 0 Å². The molecule has 1 aromatic carbocycles. The Bertz CT molecular complexity index is 754. The summed E-state index contributed by atoms with van der Waals surface area (Å²) in [6, 6.07) is 10.1. The van der Waals surface area contributed by atoms with Gasteiger partial charge < -0.3 is 9.64 Å². The summed E-state index contributed by atoms with van der Waals surface area (Å²) in [6.07, 6.45) is 3.11. The minimum atomic E-state index is -0.0808. The lowest BCUT2D eigenvalue weighted by atomic mass is 9.95. The minimum Gasteiger partial charge on any atom is -0.377 e. The summed E-state index contributed by atoms with van der Waals surface area (Å²) in [5, 5.41) is 0. The maximum atomic E-state index is 12.5. The van der Waals surface area contributed by atoms with E-state index >= 15 is 0 Å². The van der Waals surface area contributed by atoms with Crippen LogP contribution in [0.3, 0.4) is 0 Å². The van der Waals surface area contributed by atoms with Crippen molar-refractivity contribution in [2.24, 2.45) is 0 Å². The summed E-state index contributed by atoms with van der Waals surface area (Å²) in [6.45, 7) is 8.69. The lowest BCUT2D eigenvalue weighted by Gasteiger charge is -2.16. The molecule has 0 saturated heterocycles. The van der Waals surface area contributed by atoms with Crippen molar-refractivity contribution in [2.75, 3.05) is 6.61 Å². The molecule has 2 aromatic rings. The highest BCUT2D eigenvalue weighted by atomic mass is 16.5. The quantitative estimate of drug-likeness (QED) is 0.745. The monoisotopic (exact) mass is 353 g/mol. The number of amides is 1. The number of ether oxygens (including phenoxy) is 1. The van der Waals surface area contributed by atoms with Crippen LogP contribution in [0.25, 0.3) is 0 Å². The first-order valence-corrected chi connectivity index (χ1v) is 9.18. The lowest BCUT2D eigenvalue weighted by Crippen LogP contribution is -2.25. The maximum Gasteiger partial charge on any atom is 0.223 e. The summed E-state index contributed by atoms with van der Waals surface area (Å²) < 4.78 is 5.65. The normalized spacial score (nSPS) is 13.7. The Kier molecular flexibility index (Phi) is 5.67. The van der Waals surface area contributed by atoms with Crippen LogP contribution >= 0.6 is 0 Å². The molecule has 138 valence electrons. The number of benzene rings is 1. The van der Waals surface area contributed by atoms with Crippen LogP contribution in [0.4, 0.5) is 0 Å². The van der Waals surface area contributed by atoms with E-state index in [1.54, 1.807) is 0 Å². The number of rotatable bonds is 6. The molecule has 1 aliphatic heterocycles. The highest BCUT2D eigenvalue weighted by Crippen LogP contribution is 2.25. The number of carbonyl (C=O) groups is 1. The zero-order valence-electron chi connectivity index (χ0n) is 15.9. The summed E-state index contributed by atoms with van der Waals surface area (Å²) in [5.74, 6) is 0.989. The second-order valence-corrected chi connectivity index (χ2v) is 7.81. The molecule has 2 heterocycles. The van der Waals surface area contributed by atoms with E-state index in [0.29, 0.717) is 32.7 Å². The van der Waals surface area contributed by atoms with Gasteiger partial charge in [-0.1, -0.05) is 51.1 Å². The molecule has 26 heavy (non-hydrogen) atoms. The highest BCUT2D eigenvalue weighted by molar-refractivity contribution is 5.76. The van der Waals surface area contributed by atoms with Gasteiger partial charge in [0.25, 0.3) is 0 Å². The van der Waals surface area contributed by atoms with Crippen molar-refractivity contribution in [3.05, 3.63) is 59.2 Å². The van der Waals surface area contributed by atoms with E-state index in [9.17, 15) is 4.79 Å². The third kappa shape index (κ3) is 4.67. The molecule has 3 rings (SSSR count). The van der Waals surface area contributed by atoms with Gasteiger partial charge in [-0.25, -0.2) is 9.97 Å². The van der Waals surface area contributed by atoms with Crippen LogP contribution in [0.15, 0.2) is 36.5 Å². The van der Waals surface area contributed by atoms with Gasteiger partial charge in [0.05, 0.1) is 18.8 Å². The van der Waals surface area contributed by atoms with Crippen molar-refractivity contribution in [2.45, 2.75) is 58.7 Å². The van der Waals surface area contributed by atoms with E-state index in [1.165, 1.54) is 0 Å². The molecule has 0 spiro atoms. The van der Waals surface area contributed by atoms with E-state index in [2.05, 4.69) is 30.7 Å². The molecule has 0 aliphatic carbocycles. The molecule has 0 unspecified atom stereocenters. The average Bonchev–Trinajstić information content (AvgIpc) is 3.05. The van der Waals surface area contributed by atoms with Gasteiger partial charge in [0, 0.05) is 36.7 Å². The van der Waals surface area contributed by atoms with Gasteiger partial charge in [0.15, 0.2) is 0 Å². The third-order valence-electron chi connectivity index (χ3n) is 4.47. The lowest BCUT2D eigenvalue weighted by molar-refractivity contribution is -0.132. The van der Waals surface area contributed by atoms with E-state index in [1.807, 2.05) is 41.4 Å². The Labute approximate surface area is 155 Å². The molecular formula is C21H27N3O2. The van der Waals surface area contributed by atoms with Gasteiger partial charge in [0.2, 0.25) is 5.91 Å². The van der Waals surface area contributed by atoms with Crippen LogP contribution in [-0.2, 0) is 34.6 Å². The molecule has 1 amide bonds. The Morgan fingerprint density at radius 1 is 1.19 bits per heavy atom. The molecular weight excluding hydrogens is 326 g/mol. The largest absolute Gasteiger partial charge is 0.377 e. The van der Waals surface area contributed by atoms with Gasteiger partial charge in [-0.3, -0.25) is 4.79 Å². The molecule has 1 aromatic heterocycles. The summed E-state index contributed by atoms with van der Waals surface area (Å²) in [7, 11) is 0. The first-order valence-electron chi connectivity index (χ1n) is 9.18. The van der Waals surface area contributed by atoms with Crippen LogP contribution in [0, 0.1) is 0 Å². The highest BCUT2D eigenvalue weighted by Gasteiger charge is 2.27. The zero-order chi connectivity index (χ0) is 18.6. The van der Waals surface area contributed by atoms with Crippen molar-refractivity contribution in [3.8, 4) is 0 Å². The van der Waals surface area contributed by atoms with Crippen molar-refractivity contribution in [1.29, 1.82) is 0 Å². The smallest absolute Gasteiger partial charge is 0.223 e. The molecule has 0 bridgehead atoms. The van der Waals surface area contributed by atoms with E-state index in [0.717, 1.165) is 29.1 Å². The Balaban J connectivity index is 1.43. The molecule has 0 fully saturated rings. The summed E-state index contributed by atoms with van der Waals surface area (Å²) in [5.41, 5.74) is 3.12. The Morgan fingerprint density at radius 3 is 2.69 bits per heavy atom. The topological polar surface area (TPSA) is 55.3 Å². The summed E-state index contributed by atoms with van der Waals surface area (Å²) >= 11 is 0. The predicted molar refractivity (Wildman–Crippen MR) is 100 cm³/mol. The molecule has 0 N–H and O–H groups in total. The van der Waals surface area contributed by atoms with Gasteiger partial charge in [-0.15, -0.1) is 0 Å². The number of aromatic nitrogens is 2. The Hall–Kier alpha value is -2.27. The van der Waals surface area contributed by atoms with Crippen molar-refractivity contribution >= 4 is 5.91 Å². The van der Waals surface area contributed by atoms with Crippen molar-refractivity contribution < 1.29 is 9.53 Å². The fourth-order valence-electron chi connectivity index (χ4n) is 2.94. The van der Waals surface area contributed by atoms with Crippen LogP contribution in [0.2, 0.25) is 0 Å². The van der Waals surface area contributed by atoms with Crippen LogP contribution < -0.4 is 0 Å². The first kappa shape index (κ1) is 18.5. The predicted octanol–water partition coefficient (Wildman–Crippen LogP) is 3.61. The second-order valence-electron chi connectivity index (χ2n) is 7.81. The molecule has 0 saturated carbocycles. The van der Waals surface area contributed by atoms with Crippen LogP contribution in [0.5, 0.6) is 0 Å². The number of hydrogen-bond donors (Lipinski definition) is 0. The van der Waals surface area contributed by atoms with E-state index in [4.69, 9.17) is 4.74 Å². The molecule has 0 radical (unpaired) electrons. The van der Waals surface area contributed by atoms with Gasteiger partial charge in [-0.05, 0) is 12.0 Å². The number of fused-ring (bicyclic) bond motifs is 1. The van der Waals surface area contributed by atoms with Crippen LogP contribution in [0.1, 0.15) is 56.3 Å². The standard InChI is InChI=1S/C21H27N3O2/c1-21(2,3)20-22-12-17-13-24(14-18(17)23-20)19(25)10-7-11-26-15-16-8-5-4-6-9-16/h4-6,8-9,12H,7,10-11,13-15H2,1-3H3. The maximum absolute atomic E-state index is 12.5. The SMILES string of the molecule is CC(C)(C)c1ncc2c(n1)CN(C(=O)CCCOCc1ccccc1)C2. The molecule has 0 atom stereocenters. The molecule has 1 aliphatic rings. The van der Waals surface area contributed by atoms with E-state index < -0.39 is 0 Å². The van der Waals surface area contributed by atoms with E-state index in [-0.39, 0.29) is 11.3 Å². The fourth-order valence-corrected chi connectivity index (χ4v) is 2.94. The number of carbonyl (C=O) groups excluding carboxylic acids is 1. The van der Waals surface area contributed by atoms with Crippen molar-refractivity contribution in [3.63, 3.8) is 0 Å². The molecule has 5 heteroatoms. The Morgan fingerprint density at radius 2 is 1.96 bits per heavy atom. The van der Waals surface area contributed by atoms with Crippen molar-refractivity contribution in [1.82, 2.24) is 14.9 Å². The minimum absolute atomic E-state index is 0.0808. The average molecular weight is 353 g/mol.